The van der Waals surface area contributed by atoms with E-state index in [2.05, 4.69) is 27.1 Å². The summed E-state index contributed by atoms with van der Waals surface area (Å²) in [6.07, 6.45) is 10.0. The molecule has 1 atom stereocenters. The lowest BCUT2D eigenvalue weighted by Gasteiger charge is -2.25. The van der Waals surface area contributed by atoms with Gasteiger partial charge in [-0.2, -0.15) is 4.37 Å². The molecular formula is C15H23N3OS. The van der Waals surface area contributed by atoms with Gasteiger partial charge >= 0.3 is 0 Å². The van der Waals surface area contributed by atoms with E-state index in [0.717, 1.165) is 43.5 Å². The minimum absolute atomic E-state index is 0.338. The Labute approximate surface area is 124 Å². The molecule has 0 bridgehead atoms. The number of nitrogens with one attached hydrogen (secondary N) is 1. The van der Waals surface area contributed by atoms with Gasteiger partial charge in [0.05, 0.1) is 18.3 Å². The molecule has 1 saturated carbocycles. The zero-order valence-corrected chi connectivity index (χ0v) is 12.9. The van der Waals surface area contributed by atoms with Gasteiger partial charge < -0.3 is 10.1 Å². The predicted octanol–water partition coefficient (Wildman–Crippen LogP) is 3.26. The second-order valence-corrected chi connectivity index (χ2v) is 6.36. The summed E-state index contributed by atoms with van der Waals surface area (Å²) >= 11 is 1.25. The van der Waals surface area contributed by atoms with Gasteiger partial charge in [-0.05, 0) is 44.2 Å². The van der Waals surface area contributed by atoms with Crippen molar-refractivity contribution >= 4 is 17.3 Å². The molecule has 0 spiro atoms. The summed E-state index contributed by atoms with van der Waals surface area (Å²) in [5, 5.41) is 3.46. The quantitative estimate of drug-likeness (QED) is 0.818. The standard InChI is InChI=1S/C15H23N3OS/c1-11-13(8-3-9-16-11)14-15(18-20-17-14)19-10-4-7-12-5-2-6-12/h8,11-12,16H,2-7,9-10H2,1H3. The predicted molar refractivity (Wildman–Crippen MR) is 82.0 cm³/mol. The van der Waals surface area contributed by atoms with Crippen molar-refractivity contribution in [1.29, 1.82) is 0 Å². The van der Waals surface area contributed by atoms with Gasteiger partial charge in [0.1, 0.15) is 5.69 Å². The number of hydrogen-bond acceptors (Lipinski definition) is 5. The van der Waals surface area contributed by atoms with Gasteiger partial charge in [0.15, 0.2) is 0 Å². The average Bonchev–Trinajstić information content (AvgIpc) is 2.85. The van der Waals surface area contributed by atoms with E-state index in [1.54, 1.807) is 0 Å². The van der Waals surface area contributed by atoms with Crippen LogP contribution < -0.4 is 10.1 Å². The lowest BCUT2D eigenvalue weighted by molar-refractivity contribution is 0.243. The summed E-state index contributed by atoms with van der Waals surface area (Å²) in [7, 11) is 0. The average molecular weight is 293 g/mol. The molecule has 0 radical (unpaired) electrons. The fourth-order valence-corrected chi connectivity index (χ4v) is 3.41. The number of ether oxygens (including phenoxy) is 1. The SMILES string of the molecule is CC1NCCC=C1c1nsnc1OCCCC1CCC1. The molecule has 2 aliphatic rings. The first kappa shape index (κ1) is 14.0. The summed E-state index contributed by atoms with van der Waals surface area (Å²) in [4.78, 5) is 0. The number of aromatic nitrogens is 2. The van der Waals surface area contributed by atoms with Crippen LogP contribution in [0.2, 0.25) is 0 Å². The van der Waals surface area contributed by atoms with E-state index in [0.29, 0.717) is 6.04 Å². The van der Waals surface area contributed by atoms with Crippen LogP contribution in [-0.4, -0.2) is 27.9 Å². The van der Waals surface area contributed by atoms with Crippen molar-refractivity contribution in [1.82, 2.24) is 14.1 Å². The third-order valence-corrected chi connectivity index (χ3v) is 4.89. The minimum atomic E-state index is 0.338. The monoisotopic (exact) mass is 293 g/mol. The van der Waals surface area contributed by atoms with E-state index < -0.39 is 0 Å². The molecule has 1 aromatic heterocycles. The van der Waals surface area contributed by atoms with Gasteiger partial charge in [0, 0.05) is 6.04 Å². The van der Waals surface area contributed by atoms with Gasteiger partial charge in [0.25, 0.3) is 5.88 Å². The van der Waals surface area contributed by atoms with Crippen LogP contribution in [0.4, 0.5) is 0 Å². The highest BCUT2D eigenvalue weighted by atomic mass is 32.1. The second kappa shape index (κ2) is 6.68. The minimum Gasteiger partial charge on any atom is -0.475 e. The van der Waals surface area contributed by atoms with E-state index >= 15 is 0 Å². The summed E-state index contributed by atoms with van der Waals surface area (Å²) in [6, 6.07) is 0.338. The van der Waals surface area contributed by atoms with Crippen LogP contribution in [0, 0.1) is 5.92 Å². The first-order valence-corrected chi connectivity index (χ1v) is 8.47. The molecule has 1 aromatic rings. The number of hydrogen-bond donors (Lipinski definition) is 1. The Balaban J connectivity index is 1.54. The van der Waals surface area contributed by atoms with E-state index in [9.17, 15) is 0 Å². The van der Waals surface area contributed by atoms with Gasteiger partial charge in [-0.25, -0.2) is 0 Å². The summed E-state index contributed by atoms with van der Waals surface area (Å²) in [5.74, 6) is 1.68. The molecule has 0 amide bonds. The van der Waals surface area contributed by atoms with E-state index in [1.807, 2.05) is 0 Å². The Kier molecular flexibility index (Phi) is 4.68. The summed E-state index contributed by atoms with van der Waals surface area (Å²) < 4.78 is 14.6. The van der Waals surface area contributed by atoms with Crippen LogP contribution in [0.5, 0.6) is 5.88 Å². The Morgan fingerprint density at radius 3 is 3.05 bits per heavy atom. The van der Waals surface area contributed by atoms with Crippen molar-refractivity contribution in [3.05, 3.63) is 11.8 Å². The van der Waals surface area contributed by atoms with Gasteiger partial charge in [-0.1, -0.05) is 25.3 Å². The molecule has 20 heavy (non-hydrogen) atoms. The van der Waals surface area contributed by atoms with E-state index in [1.165, 1.54) is 43.0 Å². The molecule has 1 aliphatic carbocycles. The second-order valence-electron chi connectivity index (χ2n) is 5.83. The Hall–Kier alpha value is -0.940. The van der Waals surface area contributed by atoms with Gasteiger partial charge in [-0.15, -0.1) is 4.37 Å². The lowest BCUT2D eigenvalue weighted by atomic mass is 9.82. The van der Waals surface area contributed by atoms with Crippen LogP contribution in [0.15, 0.2) is 6.08 Å². The van der Waals surface area contributed by atoms with Crippen LogP contribution >= 0.6 is 11.7 Å². The highest BCUT2D eigenvalue weighted by molar-refractivity contribution is 6.99. The van der Waals surface area contributed by atoms with Crippen molar-refractivity contribution in [2.75, 3.05) is 13.2 Å². The van der Waals surface area contributed by atoms with E-state index in [4.69, 9.17) is 4.74 Å². The van der Waals surface area contributed by atoms with Crippen molar-refractivity contribution in [2.24, 2.45) is 5.92 Å². The first-order chi connectivity index (χ1) is 9.84. The lowest BCUT2D eigenvalue weighted by Crippen LogP contribution is -2.31. The van der Waals surface area contributed by atoms with Crippen LogP contribution in [0.25, 0.3) is 5.57 Å². The topological polar surface area (TPSA) is 47.0 Å². The first-order valence-electron chi connectivity index (χ1n) is 7.74. The van der Waals surface area contributed by atoms with Gasteiger partial charge in [0.2, 0.25) is 0 Å². The number of nitrogens with zero attached hydrogens (tertiary/aromatic N) is 2. The zero-order chi connectivity index (χ0) is 13.8. The van der Waals surface area contributed by atoms with E-state index in [-0.39, 0.29) is 0 Å². The highest BCUT2D eigenvalue weighted by Gasteiger charge is 2.21. The Morgan fingerprint density at radius 2 is 2.30 bits per heavy atom. The highest BCUT2D eigenvalue weighted by Crippen LogP contribution is 2.31. The van der Waals surface area contributed by atoms with Crippen LogP contribution in [0.3, 0.4) is 0 Å². The molecule has 0 saturated heterocycles. The Morgan fingerprint density at radius 1 is 1.40 bits per heavy atom. The molecule has 0 aromatic carbocycles. The van der Waals surface area contributed by atoms with Crippen molar-refractivity contribution in [3.63, 3.8) is 0 Å². The smallest absolute Gasteiger partial charge is 0.253 e. The fraction of sp³-hybridized carbons (Fsp3) is 0.733. The van der Waals surface area contributed by atoms with Crippen LogP contribution in [-0.2, 0) is 0 Å². The van der Waals surface area contributed by atoms with Crippen molar-refractivity contribution in [2.45, 2.75) is 51.5 Å². The maximum Gasteiger partial charge on any atom is 0.253 e. The maximum atomic E-state index is 5.87. The molecule has 1 fully saturated rings. The third-order valence-electron chi connectivity index (χ3n) is 4.38. The van der Waals surface area contributed by atoms with Gasteiger partial charge in [-0.3, -0.25) is 0 Å². The molecular weight excluding hydrogens is 270 g/mol. The molecule has 1 unspecified atom stereocenters. The van der Waals surface area contributed by atoms with Crippen molar-refractivity contribution < 1.29 is 4.74 Å². The largest absolute Gasteiger partial charge is 0.475 e. The number of rotatable bonds is 6. The maximum absolute atomic E-state index is 5.87. The normalized spacial score (nSPS) is 23.2. The molecule has 2 heterocycles. The molecule has 110 valence electrons. The molecule has 3 rings (SSSR count). The molecule has 1 N–H and O–H groups in total. The third kappa shape index (κ3) is 3.20. The Bertz CT molecular complexity index is 467. The fourth-order valence-electron chi connectivity index (χ4n) is 2.89. The zero-order valence-electron chi connectivity index (χ0n) is 12.1. The van der Waals surface area contributed by atoms with Crippen LogP contribution in [0.1, 0.15) is 51.1 Å². The molecule has 1 aliphatic heterocycles. The molecule has 5 heteroatoms. The van der Waals surface area contributed by atoms with Crippen molar-refractivity contribution in [3.8, 4) is 5.88 Å². The molecule has 4 nitrogen and oxygen atoms in total. The summed E-state index contributed by atoms with van der Waals surface area (Å²) in [5.41, 5.74) is 2.18. The summed E-state index contributed by atoms with van der Waals surface area (Å²) in [6.45, 7) is 3.98.